The van der Waals surface area contributed by atoms with Gasteiger partial charge in [-0.1, -0.05) is 24.6 Å². The monoisotopic (exact) mass is 302 g/mol. The Hall–Kier alpha value is -1.33. The summed E-state index contributed by atoms with van der Waals surface area (Å²) >= 11 is 5.65. The molecule has 0 aromatic heterocycles. The highest BCUT2D eigenvalue weighted by Crippen LogP contribution is 2.15. The summed E-state index contributed by atoms with van der Waals surface area (Å²) in [6.07, 6.45) is 0.254. The van der Waals surface area contributed by atoms with Gasteiger partial charge in [0, 0.05) is 13.1 Å². The predicted octanol–water partition coefficient (Wildman–Crippen LogP) is 2.69. The van der Waals surface area contributed by atoms with Crippen molar-refractivity contribution >= 4 is 17.6 Å². The van der Waals surface area contributed by atoms with Crippen molar-refractivity contribution in [3.05, 3.63) is 34.6 Å². The zero-order chi connectivity index (χ0) is 15.1. The van der Waals surface area contributed by atoms with E-state index in [1.807, 2.05) is 6.92 Å². The fraction of sp³-hybridized carbons (Fsp3) is 0.500. The van der Waals surface area contributed by atoms with Gasteiger partial charge in [-0.3, -0.25) is 0 Å². The van der Waals surface area contributed by atoms with Gasteiger partial charge in [0.05, 0.1) is 11.1 Å². The molecular formula is C14H20ClFN2O2. The maximum absolute atomic E-state index is 13.0. The summed E-state index contributed by atoms with van der Waals surface area (Å²) in [5.74, 6) is -0.284. The molecule has 0 bridgehead atoms. The third kappa shape index (κ3) is 6.21. The molecule has 0 aliphatic carbocycles. The Bertz CT molecular complexity index is 455. The summed E-state index contributed by atoms with van der Waals surface area (Å²) in [4.78, 5) is 11.6. The molecule has 4 nitrogen and oxygen atoms in total. The van der Waals surface area contributed by atoms with Crippen molar-refractivity contribution in [3.8, 4) is 0 Å². The van der Waals surface area contributed by atoms with Crippen LogP contribution in [0.4, 0.5) is 9.18 Å². The van der Waals surface area contributed by atoms with Crippen molar-refractivity contribution in [2.45, 2.75) is 32.9 Å². The van der Waals surface area contributed by atoms with Crippen molar-refractivity contribution in [2.24, 2.45) is 5.92 Å². The minimum Gasteiger partial charge on any atom is -0.393 e. The second-order valence-corrected chi connectivity index (χ2v) is 5.41. The summed E-state index contributed by atoms with van der Waals surface area (Å²) in [5, 5.41) is 14.6. The van der Waals surface area contributed by atoms with E-state index in [-0.39, 0.29) is 29.6 Å². The summed E-state index contributed by atoms with van der Waals surface area (Å²) in [6.45, 7) is 4.43. The van der Waals surface area contributed by atoms with Crippen LogP contribution >= 0.6 is 11.6 Å². The van der Waals surface area contributed by atoms with Gasteiger partial charge in [0.25, 0.3) is 0 Å². The Labute approximate surface area is 123 Å². The average molecular weight is 303 g/mol. The van der Waals surface area contributed by atoms with Crippen LogP contribution < -0.4 is 10.6 Å². The van der Waals surface area contributed by atoms with E-state index in [4.69, 9.17) is 11.6 Å². The van der Waals surface area contributed by atoms with Gasteiger partial charge in [-0.2, -0.15) is 0 Å². The third-order valence-corrected chi connectivity index (χ3v) is 3.08. The molecular weight excluding hydrogens is 283 g/mol. The van der Waals surface area contributed by atoms with Crippen LogP contribution in [0, 0.1) is 11.7 Å². The van der Waals surface area contributed by atoms with E-state index in [1.165, 1.54) is 12.1 Å². The Morgan fingerprint density at radius 3 is 2.70 bits per heavy atom. The van der Waals surface area contributed by atoms with E-state index >= 15 is 0 Å². The van der Waals surface area contributed by atoms with Crippen LogP contribution in [0.1, 0.15) is 25.8 Å². The molecule has 2 unspecified atom stereocenters. The number of rotatable bonds is 6. The van der Waals surface area contributed by atoms with Gasteiger partial charge < -0.3 is 15.7 Å². The molecule has 0 radical (unpaired) electrons. The van der Waals surface area contributed by atoms with E-state index in [9.17, 15) is 14.3 Å². The fourth-order valence-electron chi connectivity index (χ4n) is 1.83. The Morgan fingerprint density at radius 1 is 1.40 bits per heavy atom. The molecule has 0 fully saturated rings. The van der Waals surface area contributed by atoms with Crippen LogP contribution in [0.25, 0.3) is 0 Å². The normalized spacial score (nSPS) is 13.7. The van der Waals surface area contributed by atoms with Gasteiger partial charge >= 0.3 is 6.03 Å². The lowest BCUT2D eigenvalue weighted by Crippen LogP contribution is -2.37. The van der Waals surface area contributed by atoms with Crippen molar-refractivity contribution in [3.63, 3.8) is 0 Å². The maximum atomic E-state index is 13.0. The zero-order valence-electron chi connectivity index (χ0n) is 11.6. The Kier molecular flexibility index (Phi) is 6.75. The molecule has 3 N–H and O–H groups in total. The highest BCUT2D eigenvalue weighted by molar-refractivity contribution is 6.30. The number of carbonyl (C=O) groups excluding carboxylic acids is 1. The maximum Gasteiger partial charge on any atom is 0.315 e. The van der Waals surface area contributed by atoms with Crippen LogP contribution in [0.5, 0.6) is 0 Å². The van der Waals surface area contributed by atoms with E-state index < -0.39 is 5.82 Å². The lowest BCUT2D eigenvalue weighted by Gasteiger charge is -2.14. The van der Waals surface area contributed by atoms with Crippen molar-refractivity contribution in [2.75, 3.05) is 6.54 Å². The molecule has 0 saturated heterocycles. The predicted molar refractivity (Wildman–Crippen MR) is 77.1 cm³/mol. The van der Waals surface area contributed by atoms with Crippen LogP contribution in [-0.4, -0.2) is 23.8 Å². The molecule has 0 heterocycles. The summed E-state index contributed by atoms with van der Waals surface area (Å²) in [6, 6.07) is 4.01. The van der Waals surface area contributed by atoms with Gasteiger partial charge in [0.1, 0.15) is 5.82 Å². The number of carbonyl (C=O) groups is 1. The van der Waals surface area contributed by atoms with Gasteiger partial charge in [-0.15, -0.1) is 0 Å². The molecule has 2 atom stereocenters. The number of urea groups is 1. The first-order valence-corrected chi connectivity index (χ1v) is 6.90. The number of aliphatic hydroxyl groups excluding tert-OH is 1. The average Bonchev–Trinajstić information content (AvgIpc) is 2.37. The molecule has 112 valence electrons. The second kappa shape index (κ2) is 8.07. The first-order chi connectivity index (χ1) is 9.38. The minimum atomic E-state index is -0.480. The summed E-state index contributed by atoms with van der Waals surface area (Å²) in [7, 11) is 0. The van der Waals surface area contributed by atoms with Crippen LogP contribution in [0.2, 0.25) is 5.02 Å². The van der Waals surface area contributed by atoms with Gasteiger partial charge in [0.2, 0.25) is 0 Å². The lowest BCUT2D eigenvalue weighted by atomic mass is 10.1. The fourth-order valence-corrected chi connectivity index (χ4v) is 2.03. The van der Waals surface area contributed by atoms with Crippen LogP contribution in [0.15, 0.2) is 18.2 Å². The molecule has 0 spiro atoms. The number of benzene rings is 1. The Balaban J connectivity index is 2.31. The van der Waals surface area contributed by atoms with Crippen molar-refractivity contribution in [1.82, 2.24) is 10.6 Å². The molecule has 1 rings (SSSR count). The molecule has 2 amide bonds. The number of nitrogens with one attached hydrogen (secondary N) is 2. The summed E-state index contributed by atoms with van der Waals surface area (Å²) < 4.78 is 13.0. The first-order valence-electron chi connectivity index (χ1n) is 6.52. The molecule has 0 aliphatic heterocycles. The van der Waals surface area contributed by atoms with Crippen LogP contribution in [0.3, 0.4) is 0 Å². The quantitative estimate of drug-likeness (QED) is 0.756. The topological polar surface area (TPSA) is 61.4 Å². The number of amides is 2. The van der Waals surface area contributed by atoms with Gasteiger partial charge in [0.15, 0.2) is 0 Å². The number of hydrogen-bond donors (Lipinski definition) is 3. The zero-order valence-corrected chi connectivity index (χ0v) is 12.4. The summed E-state index contributed by atoms with van der Waals surface area (Å²) in [5.41, 5.74) is 0.726. The van der Waals surface area contributed by atoms with Gasteiger partial charge in [-0.05, 0) is 37.0 Å². The Morgan fingerprint density at radius 2 is 2.10 bits per heavy atom. The lowest BCUT2D eigenvalue weighted by molar-refractivity contribution is 0.163. The van der Waals surface area contributed by atoms with E-state index in [1.54, 1.807) is 13.0 Å². The van der Waals surface area contributed by atoms with E-state index in [2.05, 4.69) is 10.6 Å². The first kappa shape index (κ1) is 16.7. The molecule has 6 heteroatoms. The molecule has 1 aromatic rings. The van der Waals surface area contributed by atoms with Gasteiger partial charge in [-0.25, -0.2) is 9.18 Å². The highest BCUT2D eigenvalue weighted by Gasteiger charge is 2.08. The van der Waals surface area contributed by atoms with Crippen molar-refractivity contribution < 1.29 is 14.3 Å². The standard InChI is InChI=1S/C14H20ClFN2O2/c1-9(5-10(2)19)7-17-14(20)18-8-11-3-4-13(16)12(15)6-11/h3-4,6,9-10,19H,5,7-8H2,1-2H3,(H2,17,18,20). The van der Waals surface area contributed by atoms with E-state index in [0.29, 0.717) is 13.0 Å². The molecule has 0 saturated carbocycles. The number of aliphatic hydroxyl groups is 1. The largest absolute Gasteiger partial charge is 0.393 e. The highest BCUT2D eigenvalue weighted by atomic mass is 35.5. The number of halogens is 2. The SMILES string of the molecule is CC(O)CC(C)CNC(=O)NCc1ccc(F)c(Cl)c1. The van der Waals surface area contributed by atoms with Crippen molar-refractivity contribution in [1.29, 1.82) is 0 Å². The smallest absolute Gasteiger partial charge is 0.315 e. The molecule has 20 heavy (non-hydrogen) atoms. The molecule has 1 aromatic carbocycles. The third-order valence-electron chi connectivity index (χ3n) is 2.79. The van der Waals surface area contributed by atoms with E-state index in [0.717, 1.165) is 5.56 Å². The minimum absolute atomic E-state index is 0.0373. The second-order valence-electron chi connectivity index (χ2n) is 5.00. The number of hydrogen-bond acceptors (Lipinski definition) is 2. The molecule has 0 aliphatic rings. The van der Waals surface area contributed by atoms with Crippen LogP contribution in [-0.2, 0) is 6.54 Å².